The molecule has 0 atom stereocenters. The van der Waals surface area contributed by atoms with Crippen molar-refractivity contribution in [1.82, 2.24) is 10.2 Å². The van der Waals surface area contributed by atoms with Crippen molar-refractivity contribution < 1.29 is 14.4 Å². The number of amides is 3. The molecule has 2 aromatic carbocycles. The number of anilines is 1. The highest BCUT2D eigenvalue weighted by atomic mass is 35.5. The van der Waals surface area contributed by atoms with Crippen LogP contribution in [0.3, 0.4) is 0 Å². The van der Waals surface area contributed by atoms with Gasteiger partial charge in [-0.3, -0.25) is 14.4 Å². The first-order chi connectivity index (χ1) is 13.3. The summed E-state index contributed by atoms with van der Waals surface area (Å²) in [4.78, 5) is 37.6. The Hall–Kier alpha value is -2.57. The van der Waals surface area contributed by atoms with Gasteiger partial charge in [0.15, 0.2) is 0 Å². The SMILES string of the molecule is CN(C)C(=O)c1ccc(Cl)c(NC(=O)CCCNC(=O)c2ccc(Cl)cc2)c1. The normalized spacial score (nSPS) is 10.3. The number of hydrogen-bond donors (Lipinski definition) is 2. The largest absolute Gasteiger partial charge is 0.352 e. The van der Waals surface area contributed by atoms with Crippen molar-refractivity contribution in [1.29, 1.82) is 0 Å². The Morgan fingerprint density at radius 3 is 2.25 bits per heavy atom. The predicted molar refractivity (Wildman–Crippen MR) is 111 cm³/mol. The third-order valence-corrected chi connectivity index (χ3v) is 4.45. The van der Waals surface area contributed by atoms with Gasteiger partial charge in [-0.05, 0) is 48.9 Å². The topological polar surface area (TPSA) is 78.5 Å². The second kappa shape index (κ2) is 10.1. The zero-order chi connectivity index (χ0) is 20.7. The van der Waals surface area contributed by atoms with E-state index in [1.54, 1.807) is 56.6 Å². The van der Waals surface area contributed by atoms with Crippen LogP contribution in [0.25, 0.3) is 0 Å². The standard InChI is InChI=1S/C20H21Cl2N3O3/c1-25(2)20(28)14-7-10-16(22)17(12-14)24-18(26)4-3-11-23-19(27)13-5-8-15(21)9-6-13/h5-10,12H,3-4,11H2,1-2H3,(H,23,27)(H,24,26). The van der Waals surface area contributed by atoms with Crippen LogP contribution in [0.15, 0.2) is 42.5 Å². The van der Waals surface area contributed by atoms with Crippen LogP contribution in [0.2, 0.25) is 10.0 Å². The van der Waals surface area contributed by atoms with Gasteiger partial charge in [0, 0.05) is 43.2 Å². The number of nitrogens with one attached hydrogen (secondary N) is 2. The first-order valence-corrected chi connectivity index (χ1v) is 9.38. The molecule has 0 saturated carbocycles. The number of nitrogens with zero attached hydrogens (tertiary/aromatic N) is 1. The molecule has 28 heavy (non-hydrogen) atoms. The summed E-state index contributed by atoms with van der Waals surface area (Å²) in [5.41, 5.74) is 1.31. The minimum Gasteiger partial charge on any atom is -0.352 e. The molecule has 0 unspecified atom stereocenters. The molecule has 2 rings (SSSR count). The summed E-state index contributed by atoms with van der Waals surface area (Å²) in [7, 11) is 3.29. The van der Waals surface area contributed by atoms with Gasteiger partial charge in [-0.15, -0.1) is 0 Å². The Kier molecular flexibility index (Phi) is 7.84. The Bertz CT molecular complexity index is 867. The first kappa shape index (κ1) is 21.7. The molecular weight excluding hydrogens is 401 g/mol. The van der Waals surface area contributed by atoms with Gasteiger partial charge in [-0.1, -0.05) is 23.2 Å². The third-order valence-electron chi connectivity index (χ3n) is 3.87. The van der Waals surface area contributed by atoms with Crippen molar-refractivity contribution in [2.24, 2.45) is 0 Å². The number of benzene rings is 2. The second-order valence-electron chi connectivity index (χ2n) is 6.31. The highest BCUT2D eigenvalue weighted by Crippen LogP contribution is 2.24. The summed E-state index contributed by atoms with van der Waals surface area (Å²) in [5, 5.41) is 6.35. The minimum absolute atomic E-state index is 0.183. The fourth-order valence-electron chi connectivity index (χ4n) is 2.38. The van der Waals surface area contributed by atoms with E-state index in [1.807, 2.05) is 0 Å². The van der Waals surface area contributed by atoms with Gasteiger partial charge in [0.25, 0.3) is 11.8 Å². The summed E-state index contributed by atoms with van der Waals surface area (Å²) in [6, 6.07) is 11.3. The minimum atomic E-state index is -0.253. The summed E-state index contributed by atoms with van der Waals surface area (Å²) in [5.74, 6) is -0.663. The van der Waals surface area contributed by atoms with Crippen molar-refractivity contribution in [2.75, 3.05) is 26.0 Å². The van der Waals surface area contributed by atoms with E-state index in [0.717, 1.165) is 0 Å². The Morgan fingerprint density at radius 2 is 1.61 bits per heavy atom. The summed E-state index contributed by atoms with van der Waals surface area (Å²) < 4.78 is 0. The summed E-state index contributed by atoms with van der Waals surface area (Å²) in [6.45, 7) is 0.349. The van der Waals surface area contributed by atoms with E-state index in [9.17, 15) is 14.4 Å². The number of carbonyl (C=O) groups is 3. The van der Waals surface area contributed by atoms with Crippen LogP contribution in [-0.2, 0) is 4.79 Å². The van der Waals surface area contributed by atoms with Crippen LogP contribution < -0.4 is 10.6 Å². The molecule has 6 nitrogen and oxygen atoms in total. The Morgan fingerprint density at radius 1 is 0.964 bits per heavy atom. The van der Waals surface area contributed by atoms with Gasteiger partial charge < -0.3 is 15.5 Å². The molecular formula is C20H21Cl2N3O3. The lowest BCUT2D eigenvalue weighted by molar-refractivity contribution is -0.116. The molecule has 148 valence electrons. The maximum atomic E-state index is 12.1. The summed E-state index contributed by atoms with van der Waals surface area (Å²) in [6.07, 6.45) is 0.655. The first-order valence-electron chi connectivity index (χ1n) is 8.62. The molecule has 2 N–H and O–H groups in total. The molecule has 8 heteroatoms. The van der Waals surface area contributed by atoms with Gasteiger partial charge in [-0.25, -0.2) is 0 Å². The molecule has 0 spiro atoms. The lowest BCUT2D eigenvalue weighted by Gasteiger charge is -2.13. The molecule has 2 aromatic rings. The van der Waals surface area contributed by atoms with E-state index >= 15 is 0 Å². The van der Waals surface area contributed by atoms with Crippen molar-refractivity contribution in [3.8, 4) is 0 Å². The van der Waals surface area contributed by atoms with E-state index in [0.29, 0.717) is 39.8 Å². The van der Waals surface area contributed by atoms with Crippen molar-refractivity contribution in [2.45, 2.75) is 12.8 Å². The van der Waals surface area contributed by atoms with Gasteiger partial charge in [-0.2, -0.15) is 0 Å². The maximum Gasteiger partial charge on any atom is 0.253 e. The van der Waals surface area contributed by atoms with Crippen LogP contribution in [-0.4, -0.2) is 43.3 Å². The fraction of sp³-hybridized carbons (Fsp3) is 0.250. The van der Waals surface area contributed by atoms with Crippen LogP contribution in [0.5, 0.6) is 0 Å². The molecule has 0 aliphatic carbocycles. The van der Waals surface area contributed by atoms with Crippen LogP contribution >= 0.6 is 23.2 Å². The van der Waals surface area contributed by atoms with Crippen LogP contribution in [0.4, 0.5) is 5.69 Å². The molecule has 0 aliphatic heterocycles. The van der Waals surface area contributed by atoms with E-state index in [4.69, 9.17) is 23.2 Å². The molecule has 0 aromatic heterocycles. The lowest BCUT2D eigenvalue weighted by Crippen LogP contribution is -2.25. The number of rotatable bonds is 7. The highest BCUT2D eigenvalue weighted by Gasteiger charge is 2.12. The zero-order valence-electron chi connectivity index (χ0n) is 15.6. The fourth-order valence-corrected chi connectivity index (χ4v) is 2.67. The monoisotopic (exact) mass is 421 g/mol. The molecule has 0 bridgehead atoms. The van der Waals surface area contributed by atoms with Gasteiger partial charge >= 0.3 is 0 Å². The molecule has 0 fully saturated rings. The Balaban J connectivity index is 1.82. The molecule has 0 heterocycles. The summed E-state index contributed by atoms with van der Waals surface area (Å²) >= 11 is 11.9. The number of hydrogen-bond acceptors (Lipinski definition) is 3. The Labute approximate surface area is 173 Å². The molecule has 3 amide bonds. The van der Waals surface area contributed by atoms with E-state index in [2.05, 4.69) is 10.6 Å². The van der Waals surface area contributed by atoms with Crippen molar-refractivity contribution in [3.63, 3.8) is 0 Å². The molecule has 0 saturated heterocycles. The van der Waals surface area contributed by atoms with Crippen molar-refractivity contribution in [3.05, 3.63) is 63.6 Å². The molecule has 0 radical (unpaired) electrons. The average Bonchev–Trinajstić information content (AvgIpc) is 2.66. The van der Waals surface area contributed by atoms with Gasteiger partial charge in [0.05, 0.1) is 10.7 Å². The molecule has 0 aliphatic rings. The third kappa shape index (κ3) is 6.25. The number of halogens is 2. The quantitative estimate of drug-likeness (QED) is 0.666. The van der Waals surface area contributed by atoms with Gasteiger partial charge in [0.1, 0.15) is 0 Å². The van der Waals surface area contributed by atoms with E-state index < -0.39 is 0 Å². The van der Waals surface area contributed by atoms with E-state index in [-0.39, 0.29) is 24.1 Å². The second-order valence-corrected chi connectivity index (χ2v) is 7.15. The average molecular weight is 422 g/mol. The van der Waals surface area contributed by atoms with E-state index in [1.165, 1.54) is 4.90 Å². The van der Waals surface area contributed by atoms with Crippen LogP contribution in [0.1, 0.15) is 33.6 Å². The number of carbonyl (C=O) groups excluding carboxylic acids is 3. The van der Waals surface area contributed by atoms with Gasteiger partial charge in [0.2, 0.25) is 5.91 Å². The van der Waals surface area contributed by atoms with Crippen molar-refractivity contribution >= 4 is 46.6 Å². The van der Waals surface area contributed by atoms with Crippen LogP contribution in [0, 0.1) is 0 Å². The highest BCUT2D eigenvalue weighted by molar-refractivity contribution is 6.34. The maximum absolute atomic E-state index is 12.1. The zero-order valence-corrected chi connectivity index (χ0v) is 17.1. The smallest absolute Gasteiger partial charge is 0.253 e. The predicted octanol–water partition coefficient (Wildman–Crippen LogP) is 3.84. The lowest BCUT2D eigenvalue weighted by atomic mass is 10.1.